The lowest BCUT2D eigenvalue weighted by Gasteiger charge is -2.37. The minimum Gasteiger partial charge on any atom is -0.0628 e. The van der Waals surface area contributed by atoms with E-state index in [-0.39, 0.29) is 0 Å². The fourth-order valence-electron chi connectivity index (χ4n) is 4.75. The van der Waals surface area contributed by atoms with Crippen LogP contribution in [0.2, 0.25) is 0 Å². The van der Waals surface area contributed by atoms with E-state index in [1.807, 2.05) is 0 Å². The molecule has 0 amide bonds. The van der Waals surface area contributed by atoms with Crippen LogP contribution in [0.15, 0.2) is 6.07 Å². The van der Waals surface area contributed by atoms with Gasteiger partial charge in [0.05, 0.1) is 0 Å². The van der Waals surface area contributed by atoms with E-state index in [0.717, 1.165) is 11.8 Å². The first kappa shape index (κ1) is 20.5. The number of hydrogen-bond donors (Lipinski definition) is 0. The van der Waals surface area contributed by atoms with Gasteiger partial charge in [-0.15, -0.1) is 0 Å². The van der Waals surface area contributed by atoms with Gasteiger partial charge in [-0.05, 0) is 91.5 Å². The smallest absolute Gasteiger partial charge is 0.0219 e. The number of fused-ring (bicyclic) bond motifs is 1. The van der Waals surface area contributed by atoms with Crippen LogP contribution in [0.4, 0.5) is 0 Å². The van der Waals surface area contributed by atoms with Gasteiger partial charge in [-0.25, -0.2) is 0 Å². The van der Waals surface area contributed by atoms with E-state index in [9.17, 15) is 0 Å². The summed E-state index contributed by atoms with van der Waals surface area (Å²) in [5.41, 5.74) is 8.42. The molecular weight excluding hydrogens is 300 g/mol. The molecule has 0 heterocycles. The summed E-state index contributed by atoms with van der Waals surface area (Å²) in [6.07, 6.45) is 12.5. The Morgan fingerprint density at radius 1 is 0.960 bits per heavy atom. The number of rotatable bonds is 8. The van der Waals surface area contributed by atoms with Gasteiger partial charge >= 0.3 is 0 Å². The predicted molar refractivity (Wildman–Crippen MR) is 112 cm³/mol. The SMILES string of the molecule is Cc1cc2c(c(C)c1C)CC(C)(CCCC(C)CCCC(C)C)CC2. The fraction of sp³-hybridized carbons (Fsp3) is 0.760. The molecule has 0 aromatic heterocycles. The van der Waals surface area contributed by atoms with Crippen LogP contribution in [0, 0.1) is 38.0 Å². The Bertz CT molecular complexity index is 566. The molecule has 0 N–H and O–H groups in total. The third kappa shape index (κ3) is 5.60. The van der Waals surface area contributed by atoms with E-state index < -0.39 is 0 Å². The average molecular weight is 343 g/mol. The lowest BCUT2D eigenvalue weighted by Crippen LogP contribution is -2.27. The molecule has 0 saturated carbocycles. The zero-order valence-electron chi connectivity index (χ0n) is 18.1. The molecule has 0 nitrogen and oxygen atoms in total. The van der Waals surface area contributed by atoms with Crippen molar-refractivity contribution in [3.8, 4) is 0 Å². The van der Waals surface area contributed by atoms with Gasteiger partial charge in [0.25, 0.3) is 0 Å². The molecule has 1 aliphatic carbocycles. The monoisotopic (exact) mass is 342 g/mol. The predicted octanol–water partition coefficient (Wildman–Crippen LogP) is 7.74. The first-order chi connectivity index (χ1) is 11.7. The number of benzene rings is 1. The Kier molecular flexibility index (Phi) is 7.18. The second kappa shape index (κ2) is 8.74. The van der Waals surface area contributed by atoms with E-state index in [1.54, 1.807) is 16.7 Å². The van der Waals surface area contributed by atoms with Crippen molar-refractivity contribution in [3.63, 3.8) is 0 Å². The molecule has 0 radical (unpaired) electrons. The second-order valence-corrected chi connectivity index (χ2v) is 9.89. The lowest BCUT2D eigenvalue weighted by atomic mass is 9.68. The normalized spacial score (nSPS) is 21.4. The Balaban J connectivity index is 1.86. The number of aryl methyl sites for hydroxylation is 2. The van der Waals surface area contributed by atoms with Gasteiger partial charge in [-0.2, -0.15) is 0 Å². The van der Waals surface area contributed by atoms with Gasteiger partial charge in [-0.1, -0.05) is 65.9 Å². The maximum absolute atomic E-state index is 2.55. The van der Waals surface area contributed by atoms with Crippen molar-refractivity contribution in [2.45, 2.75) is 106 Å². The first-order valence-electron chi connectivity index (χ1n) is 10.8. The average Bonchev–Trinajstić information content (AvgIpc) is 2.53. The van der Waals surface area contributed by atoms with E-state index in [0.29, 0.717) is 5.41 Å². The molecule has 2 rings (SSSR count). The van der Waals surface area contributed by atoms with Crippen LogP contribution in [0.1, 0.15) is 100 Å². The summed E-state index contributed by atoms with van der Waals surface area (Å²) in [6, 6.07) is 2.47. The molecule has 1 aromatic carbocycles. The molecule has 2 unspecified atom stereocenters. The standard InChI is InChI=1S/C25H42/c1-18(2)10-8-11-19(3)12-9-14-25(7)15-13-23-16-20(4)21(5)22(6)24(23)17-25/h16,18-19H,8-15,17H2,1-7H3. The van der Waals surface area contributed by atoms with E-state index in [1.165, 1.54) is 68.9 Å². The van der Waals surface area contributed by atoms with E-state index in [2.05, 4.69) is 54.5 Å². The Hall–Kier alpha value is -0.780. The van der Waals surface area contributed by atoms with E-state index in [4.69, 9.17) is 0 Å². The van der Waals surface area contributed by atoms with Crippen LogP contribution in [0.25, 0.3) is 0 Å². The Morgan fingerprint density at radius 3 is 2.32 bits per heavy atom. The summed E-state index contributed by atoms with van der Waals surface area (Å²) in [5.74, 6) is 1.77. The molecule has 25 heavy (non-hydrogen) atoms. The van der Waals surface area contributed by atoms with E-state index >= 15 is 0 Å². The van der Waals surface area contributed by atoms with Crippen molar-refractivity contribution >= 4 is 0 Å². The van der Waals surface area contributed by atoms with Crippen molar-refractivity contribution < 1.29 is 0 Å². The summed E-state index contributed by atoms with van der Waals surface area (Å²) in [6.45, 7) is 16.6. The highest BCUT2D eigenvalue weighted by Crippen LogP contribution is 2.41. The minimum absolute atomic E-state index is 0.525. The third-order valence-corrected chi connectivity index (χ3v) is 6.94. The first-order valence-corrected chi connectivity index (χ1v) is 10.8. The van der Waals surface area contributed by atoms with Gasteiger partial charge in [-0.3, -0.25) is 0 Å². The second-order valence-electron chi connectivity index (χ2n) is 9.89. The third-order valence-electron chi connectivity index (χ3n) is 6.94. The van der Waals surface area contributed by atoms with Crippen molar-refractivity contribution in [3.05, 3.63) is 33.9 Å². The quantitative estimate of drug-likeness (QED) is 0.453. The highest BCUT2D eigenvalue weighted by Gasteiger charge is 2.31. The molecule has 2 atom stereocenters. The maximum Gasteiger partial charge on any atom is -0.0219 e. The maximum atomic E-state index is 2.55. The summed E-state index contributed by atoms with van der Waals surface area (Å²) in [4.78, 5) is 0. The van der Waals surface area contributed by atoms with Gasteiger partial charge in [0.2, 0.25) is 0 Å². The molecule has 0 bridgehead atoms. The van der Waals surface area contributed by atoms with Gasteiger partial charge < -0.3 is 0 Å². The van der Waals surface area contributed by atoms with Gasteiger partial charge in [0.15, 0.2) is 0 Å². The summed E-state index contributed by atoms with van der Waals surface area (Å²) >= 11 is 0. The van der Waals surface area contributed by atoms with Gasteiger partial charge in [0.1, 0.15) is 0 Å². The van der Waals surface area contributed by atoms with Crippen LogP contribution in [-0.4, -0.2) is 0 Å². The molecule has 0 heteroatoms. The summed E-state index contributed by atoms with van der Waals surface area (Å²) < 4.78 is 0. The molecule has 1 aliphatic rings. The van der Waals surface area contributed by atoms with Crippen molar-refractivity contribution in [2.75, 3.05) is 0 Å². The van der Waals surface area contributed by atoms with Gasteiger partial charge in [0, 0.05) is 0 Å². The van der Waals surface area contributed by atoms with Crippen LogP contribution in [0.5, 0.6) is 0 Å². The zero-order chi connectivity index (χ0) is 18.6. The van der Waals surface area contributed by atoms with Crippen LogP contribution < -0.4 is 0 Å². The lowest BCUT2D eigenvalue weighted by molar-refractivity contribution is 0.239. The highest BCUT2D eigenvalue weighted by molar-refractivity contribution is 5.46. The largest absolute Gasteiger partial charge is 0.0628 e. The Labute approximate surface area is 157 Å². The summed E-state index contributed by atoms with van der Waals surface area (Å²) in [7, 11) is 0. The summed E-state index contributed by atoms with van der Waals surface area (Å²) in [5, 5.41) is 0. The van der Waals surface area contributed by atoms with Crippen molar-refractivity contribution in [1.29, 1.82) is 0 Å². The number of hydrogen-bond acceptors (Lipinski definition) is 0. The highest BCUT2D eigenvalue weighted by atomic mass is 14.4. The topological polar surface area (TPSA) is 0 Å². The fourth-order valence-corrected chi connectivity index (χ4v) is 4.75. The Morgan fingerprint density at radius 2 is 1.64 bits per heavy atom. The molecule has 1 aromatic rings. The molecule has 0 fully saturated rings. The molecular formula is C25H42. The minimum atomic E-state index is 0.525. The zero-order valence-corrected chi connectivity index (χ0v) is 18.1. The van der Waals surface area contributed by atoms with Crippen molar-refractivity contribution in [2.24, 2.45) is 17.3 Å². The molecule has 0 aliphatic heterocycles. The van der Waals surface area contributed by atoms with Crippen LogP contribution in [0.3, 0.4) is 0 Å². The van der Waals surface area contributed by atoms with Crippen molar-refractivity contribution in [1.82, 2.24) is 0 Å². The molecule has 0 saturated heterocycles. The molecule has 142 valence electrons. The van der Waals surface area contributed by atoms with Crippen LogP contribution >= 0.6 is 0 Å². The molecule has 0 spiro atoms. The van der Waals surface area contributed by atoms with Crippen LogP contribution in [-0.2, 0) is 12.8 Å².